The molecule has 2 aromatic carbocycles. The molecule has 1 N–H and O–H groups in total. The van der Waals surface area contributed by atoms with E-state index in [9.17, 15) is 0 Å². The van der Waals surface area contributed by atoms with Gasteiger partial charge < -0.3 is 5.32 Å². The number of anilines is 1. The van der Waals surface area contributed by atoms with Crippen LogP contribution >= 0.6 is 0 Å². The van der Waals surface area contributed by atoms with Gasteiger partial charge in [-0.15, -0.1) is 0 Å². The first-order valence-electron chi connectivity index (χ1n) is 10.9. The Kier molecular flexibility index (Phi) is 6.08. The number of benzene rings is 2. The van der Waals surface area contributed by atoms with Crippen molar-refractivity contribution in [1.82, 2.24) is 4.98 Å². The van der Waals surface area contributed by atoms with Crippen LogP contribution in [0.15, 0.2) is 36.4 Å². The van der Waals surface area contributed by atoms with Crippen molar-refractivity contribution in [3.63, 3.8) is 0 Å². The van der Waals surface area contributed by atoms with Gasteiger partial charge in [0.05, 0.1) is 5.69 Å². The Bertz CT molecular complexity index is 963. The van der Waals surface area contributed by atoms with Crippen molar-refractivity contribution in [1.29, 1.82) is 0 Å². The summed E-state index contributed by atoms with van der Waals surface area (Å²) in [6, 6.07) is 13.5. The molecule has 1 heterocycles. The van der Waals surface area contributed by atoms with Gasteiger partial charge >= 0.3 is 0 Å². The number of aromatic nitrogens is 1. The van der Waals surface area contributed by atoms with E-state index in [2.05, 4.69) is 104 Å². The van der Waals surface area contributed by atoms with Crippen LogP contribution in [0.3, 0.4) is 0 Å². The molecule has 0 aliphatic carbocycles. The summed E-state index contributed by atoms with van der Waals surface area (Å²) in [5, 5.41) is 3.59. The predicted octanol–water partition coefficient (Wildman–Crippen LogP) is 7.72. The molecule has 0 spiro atoms. The first-order valence-corrected chi connectivity index (χ1v) is 10.9. The van der Waals surface area contributed by atoms with Crippen LogP contribution in [0.1, 0.15) is 54.2 Å². The maximum Gasteiger partial charge on any atom is 0.127 e. The van der Waals surface area contributed by atoms with Crippen LogP contribution in [0, 0.1) is 47.0 Å². The monoisotopic (exact) mass is 400 g/mol. The van der Waals surface area contributed by atoms with Gasteiger partial charge in [-0.25, -0.2) is 4.98 Å². The van der Waals surface area contributed by atoms with Crippen LogP contribution in [0.2, 0.25) is 0 Å². The molecule has 0 amide bonds. The molecule has 0 bridgehead atoms. The number of nitrogens with zero attached hydrogens (tertiary/aromatic N) is 1. The van der Waals surface area contributed by atoms with Crippen LogP contribution in [-0.4, -0.2) is 11.5 Å². The molecule has 158 valence electrons. The van der Waals surface area contributed by atoms with Crippen molar-refractivity contribution >= 4 is 5.82 Å². The van der Waals surface area contributed by atoms with Gasteiger partial charge in [0.15, 0.2) is 0 Å². The summed E-state index contributed by atoms with van der Waals surface area (Å²) in [6.07, 6.45) is 0. The first-order chi connectivity index (χ1) is 13.9. The Morgan fingerprint density at radius 1 is 0.667 bits per heavy atom. The molecule has 0 unspecified atom stereocenters. The molecule has 2 nitrogen and oxygen atoms in total. The van der Waals surface area contributed by atoms with Crippen molar-refractivity contribution in [3.8, 4) is 22.4 Å². The van der Waals surface area contributed by atoms with Crippen molar-refractivity contribution < 1.29 is 0 Å². The summed E-state index contributed by atoms with van der Waals surface area (Å²) in [5.41, 5.74) is 12.8. The zero-order valence-electron chi connectivity index (χ0n) is 20.1. The van der Waals surface area contributed by atoms with Gasteiger partial charge in [0, 0.05) is 12.1 Å². The fourth-order valence-electron chi connectivity index (χ4n) is 4.47. The third-order valence-corrected chi connectivity index (χ3v) is 5.52. The fraction of sp³-hybridized carbons (Fsp3) is 0.393. The number of nitrogens with one attached hydrogen (secondary N) is 1. The van der Waals surface area contributed by atoms with Gasteiger partial charge in [0.1, 0.15) is 5.82 Å². The minimum atomic E-state index is 0.184. The Balaban J connectivity index is 2.23. The van der Waals surface area contributed by atoms with E-state index in [1.165, 1.54) is 50.1 Å². The average Bonchev–Trinajstić information content (AvgIpc) is 2.57. The lowest BCUT2D eigenvalue weighted by Gasteiger charge is -2.21. The molecule has 3 rings (SSSR count). The Morgan fingerprint density at radius 2 is 1.13 bits per heavy atom. The molecule has 0 saturated heterocycles. The van der Waals surface area contributed by atoms with Crippen LogP contribution in [0.4, 0.5) is 5.82 Å². The number of hydrogen-bond acceptors (Lipinski definition) is 2. The smallest absolute Gasteiger partial charge is 0.127 e. The molecule has 2 heteroatoms. The maximum absolute atomic E-state index is 5.05. The van der Waals surface area contributed by atoms with E-state index < -0.39 is 0 Å². The van der Waals surface area contributed by atoms with Gasteiger partial charge in [-0.05, 0) is 92.5 Å². The molecule has 3 aromatic rings. The predicted molar refractivity (Wildman–Crippen MR) is 131 cm³/mol. The molecule has 30 heavy (non-hydrogen) atoms. The topological polar surface area (TPSA) is 24.9 Å². The summed E-state index contributed by atoms with van der Waals surface area (Å²) in [5.74, 6) is 0.941. The van der Waals surface area contributed by atoms with E-state index in [1.807, 2.05) is 0 Å². The molecular weight excluding hydrogens is 364 g/mol. The van der Waals surface area contributed by atoms with E-state index in [-0.39, 0.29) is 5.41 Å². The van der Waals surface area contributed by atoms with Crippen molar-refractivity contribution in [2.24, 2.45) is 5.41 Å². The molecule has 0 aliphatic rings. The summed E-state index contributed by atoms with van der Waals surface area (Å²) >= 11 is 0. The molecule has 0 saturated carbocycles. The van der Waals surface area contributed by atoms with E-state index in [4.69, 9.17) is 4.98 Å². The maximum atomic E-state index is 5.05. The largest absolute Gasteiger partial charge is 0.370 e. The normalized spacial score (nSPS) is 11.6. The van der Waals surface area contributed by atoms with Gasteiger partial charge in [0.2, 0.25) is 0 Å². The molecule has 0 aliphatic heterocycles. The van der Waals surface area contributed by atoms with Crippen LogP contribution in [-0.2, 0) is 0 Å². The van der Waals surface area contributed by atoms with Crippen molar-refractivity contribution in [2.45, 2.75) is 62.3 Å². The number of aryl methyl sites for hydroxylation is 6. The average molecular weight is 401 g/mol. The van der Waals surface area contributed by atoms with Crippen LogP contribution < -0.4 is 5.32 Å². The summed E-state index contributed by atoms with van der Waals surface area (Å²) in [7, 11) is 0. The highest BCUT2D eigenvalue weighted by molar-refractivity contribution is 5.79. The van der Waals surface area contributed by atoms with Crippen LogP contribution in [0.25, 0.3) is 22.4 Å². The third-order valence-electron chi connectivity index (χ3n) is 5.52. The summed E-state index contributed by atoms with van der Waals surface area (Å²) in [6.45, 7) is 20.7. The highest BCUT2D eigenvalue weighted by Gasteiger charge is 2.16. The quantitative estimate of drug-likeness (QED) is 0.485. The number of pyridine rings is 1. The standard InChI is InChI=1S/C28H36N2/c1-17-10-19(3)26(20(4)11-17)23-14-24(27-21(5)12-18(2)13-22(27)6)30-25(15-23)29-16-28(7,8)9/h10-15H,16H2,1-9H3,(H,29,30). The fourth-order valence-corrected chi connectivity index (χ4v) is 4.47. The molecule has 0 radical (unpaired) electrons. The first kappa shape index (κ1) is 22.1. The highest BCUT2D eigenvalue weighted by Crippen LogP contribution is 2.35. The van der Waals surface area contributed by atoms with E-state index in [0.717, 1.165) is 18.1 Å². The number of rotatable bonds is 4. The number of hydrogen-bond donors (Lipinski definition) is 1. The Labute approximate surface area is 182 Å². The van der Waals surface area contributed by atoms with Gasteiger partial charge in [0.25, 0.3) is 0 Å². The van der Waals surface area contributed by atoms with Gasteiger partial charge in [-0.2, -0.15) is 0 Å². The second kappa shape index (κ2) is 8.26. The SMILES string of the molecule is Cc1cc(C)c(-c2cc(NCC(C)(C)C)nc(-c3c(C)cc(C)cc3C)c2)c(C)c1. The zero-order chi connectivity index (χ0) is 22.2. The lowest BCUT2D eigenvalue weighted by molar-refractivity contribution is 0.442. The Hall–Kier alpha value is -2.61. The summed E-state index contributed by atoms with van der Waals surface area (Å²) in [4.78, 5) is 5.05. The minimum absolute atomic E-state index is 0.184. The highest BCUT2D eigenvalue weighted by atomic mass is 15.0. The molecular formula is C28H36N2. The van der Waals surface area contributed by atoms with Crippen molar-refractivity contribution in [3.05, 3.63) is 69.8 Å². The lowest BCUT2D eigenvalue weighted by Crippen LogP contribution is -2.19. The lowest BCUT2D eigenvalue weighted by atomic mass is 9.91. The van der Waals surface area contributed by atoms with E-state index in [1.54, 1.807) is 0 Å². The summed E-state index contributed by atoms with van der Waals surface area (Å²) < 4.78 is 0. The Morgan fingerprint density at radius 3 is 1.60 bits per heavy atom. The van der Waals surface area contributed by atoms with E-state index in [0.29, 0.717) is 0 Å². The van der Waals surface area contributed by atoms with Crippen molar-refractivity contribution in [2.75, 3.05) is 11.9 Å². The minimum Gasteiger partial charge on any atom is -0.370 e. The molecule has 1 aromatic heterocycles. The van der Waals surface area contributed by atoms with Gasteiger partial charge in [-0.3, -0.25) is 0 Å². The molecule has 0 atom stereocenters. The van der Waals surface area contributed by atoms with E-state index >= 15 is 0 Å². The molecule has 0 fully saturated rings. The second-order valence-corrected chi connectivity index (χ2v) is 10.1. The zero-order valence-corrected chi connectivity index (χ0v) is 20.1. The van der Waals surface area contributed by atoms with Crippen LogP contribution in [0.5, 0.6) is 0 Å². The third kappa shape index (κ3) is 4.92. The second-order valence-electron chi connectivity index (χ2n) is 10.1. The van der Waals surface area contributed by atoms with Gasteiger partial charge in [-0.1, -0.05) is 56.2 Å².